The summed E-state index contributed by atoms with van der Waals surface area (Å²) in [5, 5.41) is 12.4. The van der Waals surface area contributed by atoms with Gasteiger partial charge in [0.2, 0.25) is 5.91 Å². The molecule has 0 aromatic heterocycles. The number of aliphatic carboxylic acids is 1. The van der Waals surface area contributed by atoms with Crippen LogP contribution in [0.1, 0.15) is 22.6 Å². The minimum atomic E-state index is -1.20. The Labute approximate surface area is 165 Å². The monoisotopic (exact) mass is 393 g/mol. The van der Waals surface area contributed by atoms with Crippen LogP contribution >= 0.6 is 0 Å². The van der Waals surface area contributed by atoms with Crippen LogP contribution in [-0.4, -0.2) is 23.0 Å². The van der Waals surface area contributed by atoms with Crippen LogP contribution in [0.4, 0.5) is 8.78 Å². The third-order valence-corrected chi connectivity index (χ3v) is 5.15. The molecule has 3 aromatic carbocycles. The average Bonchev–Trinajstić information content (AvgIpc) is 3.03. The molecular weight excluding hydrogens is 376 g/mol. The SMILES string of the molecule is O=C(Cc1ccc(F)c(F)c1)N[C@@H](C(=O)O)C1c2ccccc2-c2ccccc21. The number of halogens is 2. The molecule has 1 aliphatic rings. The maximum absolute atomic E-state index is 13.4. The molecule has 0 radical (unpaired) electrons. The minimum Gasteiger partial charge on any atom is -0.480 e. The van der Waals surface area contributed by atoms with Crippen LogP contribution in [0.5, 0.6) is 0 Å². The smallest absolute Gasteiger partial charge is 0.327 e. The summed E-state index contributed by atoms with van der Waals surface area (Å²) in [4.78, 5) is 24.6. The summed E-state index contributed by atoms with van der Waals surface area (Å²) in [6.07, 6.45) is -0.253. The van der Waals surface area contributed by atoms with Crippen LogP contribution in [0, 0.1) is 11.6 Å². The van der Waals surface area contributed by atoms with Crippen molar-refractivity contribution in [3.63, 3.8) is 0 Å². The van der Waals surface area contributed by atoms with Gasteiger partial charge in [0.15, 0.2) is 11.6 Å². The van der Waals surface area contributed by atoms with E-state index in [4.69, 9.17) is 0 Å². The van der Waals surface area contributed by atoms with Crippen LogP contribution in [0.15, 0.2) is 66.7 Å². The zero-order valence-corrected chi connectivity index (χ0v) is 15.2. The van der Waals surface area contributed by atoms with E-state index in [9.17, 15) is 23.5 Å². The van der Waals surface area contributed by atoms with Crippen molar-refractivity contribution in [3.05, 3.63) is 95.1 Å². The Morgan fingerprint density at radius 1 is 0.897 bits per heavy atom. The molecule has 0 fully saturated rings. The van der Waals surface area contributed by atoms with E-state index < -0.39 is 35.5 Å². The Bertz CT molecular complexity index is 1070. The number of hydrogen-bond acceptors (Lipinski definition) is 2. The van der Waals surface area contributed by atoms with Crippen molar-refractivity contribution in [3.8, 4) is 11.1 Å². The van der Waals surface area contributed by atoms with Crippen molar-refractivity contribution in [2.24, 2.45) is 0 Å². The van der Waals surface area contributed by atoms with E-state index in [0.717, 1.165) is 34.4 Å². The van der Waals surface area contributed by atoms with E-state index in [1.54, 1.807) is 0 Å². The van der Waals surface area contributed by atoms with Gasteiger partial charge in [0.05, 0.1) is 6.42 Å². The summed E-state index contributed by atoms with van der Waals surface area (Å²) in [6.45, 7) is 0. The number of amides is 1. The Morgan fingerprint density at radius 3 is 2.03 bits per heavy atom. The number of fused-ring (bicyclic) bond motifs is 3. The molecule has 3 aromatic rings. The van der Waals surface area contributed by atoms with Gasteiger partial charge in [0.1, 0.15) is 6.04 Å². The fourth-order valence-electron chi connectivity index (χ4n) is 3.90. The third kappa shape index (κ3) is 3.49. The van der Waals surface area contributed by atoms with Gasteiger partial charge in [-0.25, -0.2) is 13.6 Å². The minimum absolute atomic E-state index is 0.253. The first-order chi connectivity index (χ1) is 14.0. The first-order valence-corrected chi connectivity index (χ1v) is 9.10. The number of benzene rings is 3. The van der Waals surface area contributed by atoms with Gasteiger partial charge in [-0.3, -0.25) is 4.79 Å². The van der Waals surface area contributed by atoms with Crippen LogP contribution in [-0.2, 0) is 16.0 Å². The van der Waals surface area contributed by atoms with Crippen molar-refractivity contribution in [2.45, 2.75) is 18.4 Å². The van der Waals surface area contributed by atoms with E-state index in [2.05, 4.69) is 5.32 Å². The van der Waals surface area contributed by atoms with Gasteiger partial charge in [-0.1, -0.05) is 54.6 Å². The molecular formula is C23H17F2NO3. The molecule has 4 nitrogen and oxygen atoms in total. The van der Waals surface area contributed by atoms with Crippen LogP contribution < -0.4 is 5.32 Å². The van der Waals surface area contributed by atoms with Gasteiger partial charge in [-0.05, 0) is 39.9 Å². The lowest BCUT2D eigenvalue weighted by Crippen LogP contribution is -2.45. The van der Waals surface area contributed by atoms with Crippen LogP contribution in [0.2, 0.25) is 0 Å². The largest absolute Gasteiger partial charge is 0.480 e. The van der Waals surface area contributed by atoms with E-state index in [-0.39, 0.29) is 12.0 Å². The number of hydrogen-bond donors (Lipinski definition) is 2. The highest BCUT2D eigenvalue weighted by Crippen LogP contribution is 2.46. The predicted octanol–water partition coefficient (Wildman–Crippen LogP) is 3.89. The number of nitrogens with one attached hydrogen (secondary N) is 1. The molecule has 1 aliphatic carbocycles. The molecule has 0 unspecified atom stereocenters. The Hall–Kier alpha value is -3.54. The average molecular weight is 393 g/mol. The summed E-state index contributed by atoms with van der Waals surface area (Å²) in [5.74, 6) is -4.35. The molecule has 0 bridgehead atoms. The lowest BCUT2D eigenvalue weighted by atomic mass is 9.89. The van der Waals surface area contributed by atoms with Crippen molar-refractivity contribution in [2.75, 3.05) is 0 Å². The van der Waals surface area contributed by atoms with Crippen molar-refractivity contribution in [1.29, 1.82) is 0 Å². The number of carboxylic acids is 1. The number of rotatable bonds is 5. The molecule has 29 heavy (non-hydrogen) atoms. The fraction of sp³-hybridized carbons (Fsp3) is 0.130. The number of carbonyl (C=O) groups is 2. The van der Waals surface area contributed by atoms with E-state index >= 15 is 0 Å². The second kappa shape index (κ2) is 7.47. The number of carboxylic acid groups (broad SMARTS) is 1. The zero-order chi connectivity index (χ0) is 20.5. The van der Waals surface area contributed by atoms with E-state index in [0.29, 0.717) is 0 Å². The van der Waals surface area contributed by atoms with Crippen molar-refractivity contribution >= 4 is 11.9 Å². The van der Waals surface area contributed by atoms with Crippen LogP contribution in [0.25, 0.3) is 11.1 Å². The lowest BCUT2D eigenvalue weighted by molar-refractivity contribution is -0.142. The number of carbonyl (C=O) groups excluding carboxylic acids is 1. The molecule has 0 saturated heterocycles. The molecule has 1 amide bonds. The first-order valence-electron chi connectivity index (χ1n) is 9.10. The fourth-order valence-corrected chi connectivity index (χ4v) is 3.90. The zero-order valence-electron chi connectivity index (χ0n) is 15.2. The molecule has 2 N–H and O–H groups in total. The van der Waals surface area contributed by atoms with Crippen LogP contribution in [0.3, 0.4) is 0 Å². The molecule has 6 heteroatoms. The van der Waals surface area contributed by atoms with Gasteiger partial charge in [-0.2, -0.15) is 0 Å². The Balaban J connectivity index is 1.64. The quantitative estimate of drug-likeness (QED) is 0.691. The second-order valence-corrected chi connectivity index (χ2v) is 6.96. The summed E-state index contributed by atoms with van der Waals surface area (Å²) >= 11 is 0. The molecule has 0 heterocycles. The lowest BCUT2D eigenvalue weighted by Gasteiger charge is -2.23. The van der Waals surface area contributed by atoms with E-state index in [1.165, 1.54) is 6.07 Å². The predicted molar refractivity (Wildman–Crippen MR) is 103 cm³/mol. The van der Waals surface area contributed by atoms with Gasteiger partial charge < -0.3 is 10.4 Å². The second-order valence-electron chi connectivity index (χ2n) is 6.96. The Kier molecular flexibility index (Phi) is 4.84. The first kappa shape index (κ1) is 18.8. The summed E-state index contributed by atoms with van der Waals surface area (Å²) < 4.78 is 26.5. The maximum atomic E-state index is 13.4. The highest BCUT2D eigenvalue weighted by molar-refractivity contribution is 5.89. The van der Waals surface area contributed by atoms with Crippen molar-refractivity contribution < 1.29 is 23.5 Å². The maximum Gasteiger partial charge on any atom is 0.327 e. The van der Waals surface area contributed by atoms with Crippen molar-refractivity contribution in [1.82, 2.24) is 5.32 Å². The van der Waals surface area contributed by atoms with Gasteiger partial charge in [0.25, 0.3) is 0 Å². The highest BCUT2D eigenvalue weighted by Gasteiger charge is 2.38. The molecule has 4 rings (SSSR count). The van der Waals surface area contributed by atoms with Gasteiger partial charge in [-0.15, -0.1) is 0 Å². The van der Waals surface area contributed by atoms with E-state index in [1.807, 2.05) is 48.5 Å². The molecule has 146 valence electrons. The molecule has 0 aliphatic heterocycles. The normalized spacial score (nSPS) is 13.4. The van der Waals surface area contributed by atoms with Gasteiger partial charge >= 0.3 is 5.97 Å². The Morgan fingerprint density at radius 2 is 1.48 bits per heavy atom. The summed E-state index contributed by atoms with van der Waals surface area (Å²) in [5.41, 5.74) is 3.80. The molecule has 1 atom stereocenters. The topological polar surface area (TPSA) is 66.4 Å². The standard InChI is InChI=1S/C23H17F2NO3/c24-18-10-9-13(11-19(18)25)12-20(27)26-22(23(28)29)21-16-7-3-1-5-14(16)15-6-2-4-8-17(15)21/h1-11,21-22H,12H2,(H,26,27)(H,28,29)/t22-/m1/s1. The highest BCUT2D eigenvalue weighted by atomic mass is 19.2. The van der Waals surface area contributed by atoms with Gasteiger partial charge in [0, 0.05) is 5.92 Å². The molecule has 0 saturated carbocycles. The summed E-state index contributed by atoms with van der Waals surface area (Å²) in [7, 11) is 0. The third-order valence-electron chi connectivity index (χ3n) is 5.15. The summed E-state index contributed by atoms with van der Waals surface area (Å²) in [6, 6.07) is 17.0. The molecule has 0 spiro atoms.